The largest absolute Gasteiger partial charge is 0.442 e. The molecule has 8 nitrogen and oxygen atoms in total. The van der Waals surface area contributed by atoms with E-state index in [4.69, 9.17) is 26.8 Å². The highest BCUT2D eigenvalue weighted by Crippen LogP contribution is 2.37. The molecule has 158 valence electrons. The highest BCUT2D eigenvalue weighted by Gasteiger charge is 2.44. The molecular formula is C20H27ClN4O4. The van der Waals surface area contributed by atoms with E-state index in [0.29, 0.717) is 35.9 Å². The molecule has 3 N–H and O–H groups in total. The molecule has 0 spiro atoms. The first kappa shape index (κ1) is 21.4. The highest BCUT2D eigenvalue weighted by atomic mass is 35.5. The summed E-state index contributed by atoms with van der Waals surface area (Å²) in [5.41, 5.74) is 5.43. The van der Waals surface area contributed by atoms with Crippen LogP contribution in [0.4, 0.5) is 10.5 Å². The quantitative estimate of drug-likeness (QED) is 0.709. The van der Waals surface area contributed by atoms with Gasteiger partial charge in [-0.05, 0) is 45.7 Å². The van der Waals surface area contributed by atoms with Crippen LogP contribution in [0.3, 0.4) is 0 Å². The molecule has 1 aromatic carbocycles. The van der Waals surface area contributed by atoms with E-state index in [1.54, 1.807) is 39.0 Å². The van der Waals surface area contributed by atoms with Gasteiger partial charge in [-0.1, -0.05) is 23.7 Å². The molecular weight excluding hydrogens is 396 g/mol. The average Bonchev–Trinajstić information content (AvgIpc) is 3.08. The molecule has 0 aliphatic carbocycles. The summed E-state index contributed by atoms with van der Waals surface area (Å²) in [5, 5.41) is 3.61. The molecule has 2 amide bonds. The van der Waals surface area contributed by atoms with Crippen LogP contribution in [-0.2, 0) is 19.8 Å². The van der Waals surface area contributed by atoms with E-state index in [1.165, 1.54) is 4.90 Å². The van der Waals surface area contributed by atoms with Crippen LogP contribution in [0, 0.1) is 0 Å². The van der Waals surface area contributed by atoms with E-state index in [0.717, 1.165) is 0 Å². The second-order valence-corrected chi connectivity index (χ2v) is 8.92. The summed E-state index contributed by atoms with van der Waals surface area (Å²) in [6.07, 6.45) is 0.0101. The van der Waals surface area contributed by atoms with Gasteiger partial charge in [-0.15, -0.1) is 4.99 Å². The maximum atomic E-state index is 13.2. The van der Waals surface area contributed by atoms with E-state index < -0.39 is 17.2 Å². The van der Waals surface area contributed by atoms with Gasteiger partial charge in [0, 0.05) is 6.61 Å². The molecule has 1 aromatic rings. The summed E-state index contributed by atoms with van der Waals surface area (Å²) < 4.78 is 10.8. The number of nitrogen functional groups attached to an aromatic ring is 1. The fourth-order valence-electron chi connectivity index (χ4n) is 3.55. The Hall–Kier alpha value is -2.32. The molecule has 1 unspecified atom stereocenters. The summed E-state index contributed by atoms with van der Waals surface area (Å²) >= 11 is 6.43. The maximum Gasteiger partial charge on any atom is 0.437 e. The first-order valence-electron chi connectivity index (χ1n) is 9.54. The van der Waals surface area contributed by atoms with E-state index in [1.807, 2.05) is 6.92 Å². The van der Waals surface area contributed by atoms with Gasteiger partial charge < -0.3 is 20.5 Å². The number of ether oxygens (including phenoxy) is 2. The van der Waals surface area contributed by atoms with Crippen LogP contribution >= 0.6 is 11.6 Å². The van der Waals surface area contributed by atoms with Gasteiger partial charge in [-0.25, -0.2) is 4.79 Å². The minimum Gasteiger partial charge on any atom is -0.442 e. The number of hydrogen-bond donors (Lipinski definition) is 2. The van der Waals surface area contributed by atoms with Crippen molar-refractivity contribution in [2.75, 3.05) is 18.9 Å². The van der Waals surface area contributed by atoms with Crippen molar-refractivity contribution in [2.45, 2.75) is 57.7 Å². The van der Waals surface area contributed by atoms with Crippen molar-refractivity contribution < 1.29 is 19.1 Å². The lowest BCUT2D eigenvalue weighted by atomic mass is 9.85. The number of nitrogens with one attached hydrogen (secondary N) is 1. The molecule has 2 saturated heterocycles. The van der Waals surface area contributed by atoms with Gasteiger partial charge in [0.25, 0.3) is 0 Å². The van der Waals surface area contributed by atoms with E-state index >= 15 is 0 Å². The number of anilines is 1. The maximum absolute atomic E-state index is 13.2. The number of hydrogen-bond acceptors (Lipinski definition) is 5. The van der Waals surface area contributed by atoms with Crippen LogP contribution in [0.15, 0.2) is 23.2 Å². The number of carbonyl (C=O) groups is 2. The van der Waals surface area contributed by atoms with Gasteiger partial charge >= 0.3 is 6.09 Å². The van der Waals surface area contributed by atoms with Gasteiger partial charge in [0.05, 0.1) is 35.3 Å². The number of carbonyl (C=O) groups excluding carboxylic acids is 2. The zero-order chi connectivity index (χ0) is 21.4. The monoisotopic (exact) mass is 422 g/mol. The lowest BCUT2D eigenvalue weighted by Crippen LogP contribution is -2.62. The zero-order valence-corrected chi connectivity index (χ0v) is 17.9. The van der Waals surface area contributed by atoms with Gasteiger partial charge in [-0.2, -0.15) is 0 Å². The summed E-state index contributed by atoms with van der Waals surface area (Å²) in [6.45, 7) is 8.03. The third kappa shape index (κ3) is 4.64. The number of aliphatic imine (C=N–C) groups is 1. The smallest absolute Gasteiger partial charge is 0.437 e. The van der Waals surface area contributed by atoms with Crippen LogP contribution in [-0.4, -0.2) is 47.7 Å². The van der Waals surface area contributed by atoms with Gasteiger partial charge in [0.15, 0.2) is 0 Å². The van der Waals surface area contributed by atoms with E-state index in [-0.39, 0.29) is 24.3 Å². The van der Waals surface area contributed by atoms with Gasteiger partial charge in [0.1, 0.15) is 5.60 Å². The molecule has 2 fully saturated rings. The third-order valence-electron chi connectivity index (χ3n) is 4.87. The second kappa shape index (κ2) is 7.84. The molecule has 9 heteroatoms. The zero-order valence-electron chi connectivity index (χ0n) is 17.1. The Bertz CT molecular complexity index is 845. The van der Waals surface area contributed by atoms with Crippen molar-refractivity contribution in [3.05, 3.63) is 28.8 Å². The molecule has 2 aliphatic rings. The van der Waals surface area contributed by atoms with Crippen LogP contribution in [0.5, 0.6) is 0 Å². The standard InChI is InChI=1S/C20H27ClN4O4/c1-19(2,3)29-18(27)23-17-24-20(4,13-6-5-7-14(22)16(13)21)10-15(26)25(17)12-8-9-28-11-12/h5-7,12H,8-11,22H2,1-4H3,(H,23,24,27)/t12?,20-/m0/s1. The van der Waals surface area contributed by atoms with Crippen LogP contribution in [0.1, 0.15) is 46.1 Å². The molecule has 2 atom stereocenters. The number of nitrogens with two attached hydrogens (primary N) is 1. The second-order valence-electron chi connectivity index (χ2n) is 8.54. The summed E-state index contributed by atoms with van der Waals surface area (Å²) in [7, 11) is 0. The lowest BCUT2D eigenvalue weighted by Gasteiger charge is -2.43. The number of guanidine groups is 1. The fourth-order valence-corrected chi connectivity index (χ4v) is 3.89. The predicted molar refractivity (Wildman–Crippen MR) is 111 cm³/mol. The predicted octanol–water partition coefficient (Wildman–Crippen LogP) is 3.04. The van der Waals surface area contributed by atoms with Crippen molar-refractivity contribution >= 4 is 35.2 Å². The number of halogens is 1. The molecule has 2 aliphatic heterocycles. The molecule has 3 rings (SSSR count). The highest BCUT2D eigenvalue weighted by molar-refractivity contribution is 6.34. The Morgan fingerprint density at radius 3 is 2.79 bits per heavy atom. The van der Waals surface area contributed by atoms with Crippen molar-refractivity contribution in [3.63, 3.8) is 0 Å². The normalized spacial score (nSPS) is 26.5. The molecule has 0 aromatic heterocycles. The van der Waals surface area contributed by atoms with Gasteiger partial charge in [-0.3, -0.25) is 9.69 Å². The number of amides is 2. The van der Waals surface area contributed by atoms with Crippen LogP contribution < -0.4 is 11.1 Å². The van der Waals surface area contributed by atoms with E-state index in [9.17, 15) is 9.59 Å². The Morgan fingerprint density at radius 2 is 2.17 bits per heavy atom. The first-order chi connectivity index (χ1) is 13.5. The topological polar surface area (TPSA) is 106 Å². The SMILES string of the molecule is CC(C)(C)OC(=O)N=C1N[C@](C)(c2cccc(N)c2Cl)CC(=O)N1C1CCOC1. The fraction of sp³-hybridized carbons (Fsp3) is 0.550. The summed E-state index contributed by atoms with van der Waals surface area (Å²) in [5.74, 6) is -0.0467. The minimum absolute atomic E-state index is 0.125. The van der Waals surface area contributed by atoms with E-state index in [2.05, 4.69) is 10.3 Å². The lowest BCUT2D eigenvalue weighted by molar-refractivity contribution is -0.132. The number of nitrogens with zero attached hydrogens (tertiary/aromatic N) is 2. The van der Waals surface area contributed by atoms with Gasteiger partial charge in [0.2, 0.25) is 11.9 Å². The number of rotatable bonds is 2. The molecule has 0 saturated carbocycles. The first-order valence-corrected chi connectivity index (χ1v) is 9.92. The van der Waals surface area contributed by atoms with Crippen molar-refractivity contribution in [2.24, 2.45) is 4.99 Å². The molecule has 0 radical (unpaired) electrons. The van der Waals surface area contributed by atoms with Crippen molar-refractivity contribution in [1.82, 2.24) is 10.2 Å². The Labute approximate surface area is 175 Å². The Kier molecular flexibility index (Phi) is 5.78. The minimum atomic E-state index is -0.889. The summed E-state index contributed by atoms with van der Waals surface area (Å²) in [4.78, 5) is 31.2. The van der Waals surface area contributed by atoms with Crippen molar-refractivity contribution in [1.29, 1.82) is 0 Å². The molecule has 29 heavy (non-hydrogen) atoms. The molecule has 0 bridgehead atoms. The van der Waals surface area contributed by atoms with Crippen LogP contribution in [0.25, 0.3) is 0 Å². The van der Waals surface area contributed by atoms with Crippen LogP contribution in [0.2, 0.25) is 5.02 Å². The Balaban J connectivity index is 2.00. The Morgan fingerprint density at radius 1 is 1.45 bits per heavy atom. The summed E-state index contributed by atoms with van der Waals surface area (Å²) in [6, 6.07) is 5.07. The van der Waals surface area contributed by atoms with Crippen molar-refractivity contribution in [3.8, 4) is 0 Å². The molecule has 2 heterocycles. The average molecular weight is 423 g/mol. The third-order valence-corrected chi connectivity index (χ3v) is 5.30. The number of benzene rings is 1.